The van der Waals surface area contributed by atoms with Crippen LogP contribution < -0.4 is 0 Å². The molecule has 4 aliphatic heterocycles. The Bertz CT molecular complexity index is 2220. The van der Waals surface area contributed by atoms with Gasteiger partial charge in [-0.15, -0.1) is 0 Å². The number of methoxy groups -OCH3 is 1. The summed E-state index contributed by atoms with van der Waals surface area (Å²) < 4.78 is 53.5. The Kier molecular flexibility index (Phi) is 17.5. The topological polar surface area (TPSA) is 380 Å². The van der Waals surface area contributed by atoms with Gasteiger partial charge in [-0.25, -0.2) is 4.79 Å². The third kappa shape index (κ3) is 10.0. The molecule has 0 aromatic heterocycles. The van der Waals surface area contributed by atoms with E-state index in [2.05, 4.69) is 33.8 Å². The lowest BCUT2D eigenvalue weighted by Gasteiger charge is -2.71. The van der Waals surface area contributed by atoms with Crippen molar-refractivity contribution in [3.8, 4) is 0 Å². The van der Waals surface area contributed by atoms with Crippen molar-refractivity contribution in [1.82, 2.24) is 0 Å². The molecular formula is C55H88O24. The molecule has 0 amide bonds. The van der Waals surface area contributed by atoms with Gasteiger partial charge in [-0.2, -0.15) is 0 Å². The van der Waals surface area contributed by atoms with Crippen LogP contribution in [0.25, 0.3) is 0 Å². The molecule has 9 aliphatic rings. The van der Waals surface area contributed by atoms with E-state index in [1.54, 1.807) is 0 Å². The maximum Gasteiger partial charge on any atom is 0.337 e. The number of fused-ring (bicyclic) bond motifs is 7. The Morgan fingerprint density at radius 2 is 1.22 bits per heavy atom. The van der Waals surface area contributed by atoms with Crippen molar-refractivity contribution in [3.05, 3.63) is 11.6 Å². The lowest BCUT2D eigenvalue weighted by molar-refractivity contribution is -0.396. The molecule has 4 saturated heterocycles. The fourth-order valence-corrected chi connectivity index (χ4v) is 16.5. The molecule has 0 bridgehead atoms. The molecule has 30 atom stereocenters. The van der Waals surface area contributed by atoms with Crippen LogP contribution in [0, 0.1) is 50.2 Å². The second-order valence-corrected chi connectivity index (χ2v) is 26.2. The Balaban J connectivity index is 0.971. The number of ether oxygens (including phenoxy) is 9. The number of esters is 1. The van der Waals surface area contributed by atoms with E-state index < -0.39 is 170 Å². The molecule has 4 saturated carbocycles. The highest BCUT2D eigenvalue weighted by Crippen LogP contribution is 2.75. The molecule has 30 unspecified atom stereocenters. The van der Waals surface area contributed by atoms with Crippen molar-refractivity contribution in [2.45, 2.75) is 235 Å². The van der Waals surface area contributed by atoms with Crippen molar-refractivity contribution >= 4 is 11.8 Å². The highest BCUT2D eigenvalue weighted by molar-refractivity contribution is 5.87. The minimum absolute atomic E-state index is 0.0154. The van der Waals surface area contributed by atoms with Gasteiger partial charge in [0.1, 0.15) is 91.2 Å². The van der Waals surface area contributed by atoms with Crippen molar-refractivity contribution in [1.29, 1.82) is 0 Å². The third-order valence-electron chi connectivity index (χ3n) is 21.7. The predicted molar refractivity (Wildman–Crippen MR) is 268 cm³/mol. The van der Waals surface area contributed by atoms with Crippen LogP contribution in [0.3, 0.4) is 0 Å². The molecule has 0 aromatic carbocycles. The van der Waals surface area contributed by atoms with E-state index in [9.17, 15) is 76.0 Å². The van der Waals surface area contributed by atoms with Gasteiger partial charge in [0.15, 0.2) is 31.3 Å². The van der Waals surface area contributed by atoms with Gasteiger partial charge < -0.3 is 109 Å². The molecule has 24 heteroatoms. The SMILES string of the molecule is COC(=O)C1OC(OC2CCC3(C)C(CCC4(C)C3CC=C3C5CC(C)(COC6OC(CO)C(O)C(O)C6O)CC(=O)C5(C)CCC34C)C2(C)CO)C(OC2OC(CO)C(O)C(O)C2OC2OC(C)C(O)C(O)C2O)C(O)C1O. The highest BCUT2D eigenvalue weighted by atomic mass is 16.8. The Hall–Kier alpha value is -1.96. The fraction of sp³-hybridized carbons (Fsp3) is 0.927. The summed E-state index contributed by atoms with van der Waals surface area (Å²) in [6.45, 7) is 12.6. The van der Waals surface area contributed by atoms with Crippen molar-refractivity contribution in [2.75, 3.05) is 33.5 Å². The Morgan fingerprint density at radius 1 is 0.633 bits per heavy atom. The number of hydrogen-bond acceptors (Lipinski definition) is 24. The molecule has 452 valence electrons. The average Bonchev–Trinajstić information content (AvgIpc) is 2.61. The van der Waals surface area contributed by atoms with E-state index in [0.29, 0.717) is 38.5 Å². The first-order valence-corrected chi connectivity index (χ1v) is 28.2. The van der Waals surface area contributed by atoms with E-state index in [1.165, 1.54) is 12.5 Å². The zero-order valence-electron chi connectivity index (χ0n) is 46.4. The smallest absolute Gasteiger partial charge is 0.337 e. The molecule has 9 rings (SSSR count). The summed E-state index contributed by atoms with van der Waals surface area (Å²) >= 11 is 0. The second-order valence-electron chi connectivity index (χ2n) is 26.2. The van der Waals surface area contributed by atoms with Gasteiger partial charge in [-0.3, -0.25) is 4.79 Å². The summed E-state index contributed by atoms with van der Waals surface area (Å²) in [5, 5.41) is 141. The first-order valence-electron chi connectivity index (χ1n) is 28.2. The van der Waals surface area contributed by atoms with Crippen molar-refractivity contribution in [3.63, 3.8) is 0 Å². The summed E-state index contributed by atoms with van der Waals surface area (Å²) in [5.74, 6) is -1.16. The van der Waals surface area contributed by atoms with E-state index in [4.69, 9.17) is 42.6 Å². The van der Waals surface area contributed by atoms with E-state index in [-0.39, 0.29) is 54.0 Å². The van der Waals surface area contributed by atoms with Crippen LogP contribution in [0.5, 0.6) is 0 Å². The first-order chi connectivity index (χ1) is 37.0. The van der Waals surface area contributed by atoms with Crippen LogP contribution in [0.1, 0.15) is 106 Å². The maximum atomic E-state index is 14.5. The molecule has 4 heterocycles. The number of ketones is 1. The number of aliphatic hydroxyl groups is 13. The summed E-state index contributed by atoms with van der Waals surface area (Å²) in [6.07, 6.45) is -26.6. The van der Waals surface area contributed by atoms with Gasteiger partial charge >= 0.3 is 5.97 Å². The fourth-order valence-electron chi connectivity index (χ4n) is 16.5. The molecule has 79 heavy (non-hydrogen) atoms. The summed E-state index contributed by atoms with van der Waals surface area (Å²) in [6, 6.07) is 0. The van der Waals surface area contributed by atoms with Crippen molar-refractivity contribution in [2.24, 2.45) is 50.2 Å². The van der Waals surface area contributed by atoms with Crippen LogP contribution in [0.4, 0.5) is 0 Å². The van der Waals surface area contributed by atoms with Gasteiger partial charge in [-0.05, 0) is 97.7 Å². The number of hydrogen-bond donors (Lipinski definition) is 13. The number of allylic oxidation sites excluding steroid dienone is 2. The molecule has 8 fully saturated rings. The lowest BCUT2D eigenvalue weighted by Crippen LogP contribution is -2.68. The minimum Gasteiger partial charge on any atom is -0.467 e. The quantitative estimate of drug-likeness (QED) is 0.0529. The number of carbonyl (C=O) groups excluding carboxylic acids is 2. The normalized spacial score (nSPS) is 54.8. The minimum atomic E-state index is -2.00. The molecular weight excluding hydrogens is 1040 g/mol. The number of Topliss-reactive ketones (excluding diaryl/α,β-unsaturated/α-hetero) is 1. The molecule has 24 nitrogen and oxygen atoms in total. The zero-order valence-corrected chi connectivity index (χ0v) is 46.4. The lowest BCUT2D eigenvalue weighted by atomic mass is 9.33. The van der Waals surface area contributed by atoms with Gasteiger partial charge in [0.2, 0.25) is 0 Å². The summed E-state index contributed by atoms with van der Waals surface area (Å²) in [5.41, 5.74) is -2.13. The summed E-state index contributed by atoms with van der Waals surface area (Å²) in [4.78, 5) is 27.7. The van der Waals surface area contributed by atoms with Gasteiger partial charge in [0.25, 0.3) is 0 Å². The van der Waals surface area contributed by atoms with Crippen LogP contribution in [-0.2, 0) is 52.2 Å². The predicted octanol–water partition coefficient (Wildman–Crippen LogP) is -2.20. The zero-order chi connectivity index (χ0) is 57.9. The molecule has 0 radical (unpaired) electrons. The van der Waals surface area contributed by atoms with Crippen LogP contribution in [-0.4, -0.2) is 241 Å². The Morgan fingerprint density at radius 3 is 1.85 bits per heavy atom. The van der Waals surface area contributed by atoms with Crippen LogP contribution >= 0.6 is 0 Å². The third-order valence-corrected chi connectivity index (χ3v) is 21.7. The van der Waals surface area contributed by atoms with Crippen LogP contribution in [0.15, 0.2) is 11.6 Å². The average molecular weight is 1130 g/mol. The number of aliphatic hydroxyl groups excluding tert-OH is 13. The maximum absolute atomic E-state index is 14.5. The number of carbonyl (C=O) groups is 2. The first kappa shape index (κ1) is 61.6. The monoisotopic (exact) mass is 1130 g/mol. The standard InChI is InChI=1S/C55H88O24/c1-23-32(60)35(63)41(69)47(73-23)78-43-37(65)34(62)27(20-57)75-48(43)79-44-39(67)38(66)42(45(70)71-8)77-49(44)76-31-12-13-52(4)28(53(31,5)21-58)11-14-55(7)29(52)10-9-24-25-17-50(2,18-30(59)51(25,3)15-16-54(24,55)6)22-72-46-40(68)36(64)33(61)26(19-56)74-46/h9,23,25-29,31-44,46-49,56-58,60-69H,10-22H2,1-8H3. The summed E-state index contributed by atoms with van der Waals surface area (Å²) in [7, 11) is 1.07. The molecule has 13 N–H and O–H groups in total. The largest absolute Gasteiger partial charge is 0.467 e. The van der Waals surface area contributed by atoms with Crippen LogP contribution in [0.2, 0.25) is 0 Å². The van der Waals surface area contributed by atoms with E-state index >= 15 is 0 Å². The van der Waals surface area contributed by atoms with Gasteiger partial charge in [-0.1, -0.05) is 53.2 Å². The molecule has 0 spiro atoms. The molecule has 0 aromatic rings. The number of rotatable bonds is 13. The van der Waals surface area contributed by atoms with E-state index in [1.807, 2.05) is 13.8 Å². The second kappa shape index (κ2) is 22.5. The molecule has 5 aliphatic carbocycles. The van der Waals surface area contributed by atoms with Gasteiger partial charge in [0, 0.05) is 17.3 Å². The van der Waals surface area contributed by atoms with Gasteiger partial charge in [0.05, 0.1) is 45.7 Å². The van der Waals surface area contributed by atoms with Crippen molar-refractivity contribution < 1.29 is 119 Å². The Labute approximate surface area is 459 Å². The highest BCUT2D eigenvalue weighted by Gasteiger charge is 2.70. The van der Waals surface area contributed by atoms with E-state index in [0.717, 1.165) is 20.0 Å².